The molecule has 0 spiro atoms. The van der Waals surface area contributed by atoms with Gasteiger partial charge in [-0.05, 0) is 0 Å². The van der Waals surface area contributed by atoms with E-state index in [4.69, 9.17) is 15.3 Å². The molecule has 0 rings (SSSR count). The minimum absolute atomic E-state index is 0.515. The third kappa shape index (κ3) is 3.97. The first-order valence-corrected chi connectivity index (χ1v) is 3.72. The Morgan fingerprint density at radius 3 is 2.23 bits per heavy atom. The fraction of sp³-hybridized carbons (Fsp3) is 0.714. The van der Waals surface area contributed by atoms with E-state index in [0.717, 1.165) is 0 Å². The molecule has 13 heavy (non-hydrogen) atoms. The summed E-state index contributed by atoms with van der Waals surface area (Å²) in [6, 6.07) is -1.24. The number of aliphatic hydroxyl groups is 3. The first kappa shape index (κ1) is 12.0. The average molecular weight is 191 g/mol. The van der Waals surface area contributed by atoms with Crippen LogP contribution in [-0.2, 0) is 9.59 Å². The quantitative estimate of drug-likeness (QED) is 0.381. The van der Waals surface area contributed by atoms with E-state index < -0.39 is 37.0 Å². The summed E-state index contributed by atoms with van der Waals surface area (Å²) < 4.78 is 0. The second kappa shape index (κ2) is 5.63. The zero-order valence-corrected chi connectivity index (χ0v) is 7.23. The van der Waals surface area contributed by atoms with Crippen LogP contribution in [0.1, 0.15) is 6.92 Å². The van der Waals surface area contributed by atoms with E-state index >= 15 is 0 Å². The monoisotopic (exact) mass is 191 g/mol. The number of Topliss-reactive ketones (excluding diaryl/α,β-unsaturated/α-hetero) is 1. The number of aliphatic hydroxyl groups excluding tert-OH is 3. The highest BCUT2D eigenvalue weighted by Crippen LogP contribution is 1.94. The number of carbonyl (C=O) groups excluding carboxylic acids is 2. The molecule has 0 saturated heterocycles. The lowest BCUT2D eigenvalue weighted by Gasteiger charge is -2.19. The molecular weight excluding hydrogens is 178 g/mol. The van der Waals surface area contributed by atoms with Crippen molar-refractivity contribution in [1.29, 1.82) is 0 Å². The van der Waals surface area contributed by atoms with Crippen LogP contribution in [0.2, 0.25) is 0 Å². The van der Waals surface area contributed by atoms with Crippen LogP contribution in [0.4, 0.5) is 0 Å². The van der Waals surface area contributed by atoms with Crippen LogP contribution in [-0.4, -0.2) is 52.4 Å². The molecular formula is C7H13NO5. The molecule has 0 aromatic heterocycles. The molecule has 0 bridgehead atoms. The van der Waals surface area contributed by atoms with Gasteiger partial charge < -0.3 is 20.6 Å². The van der Waals surface area contributed by atoms with Gasteiger partial charge in [0.15, 0.2) is 5.78 Å². The van der Waals surface area contributed by atoms with E-state index in [2.05, 4.69) is 5.32 Å². The second-order valence-electron chi connectivity index (χ2n) is 2.55. The molecule has 0 aromatic carbocycles. The second-order valence-corrected chi connectivity index (χ2v) is 2.55. The van der Waals surface area contributed by atoms with E-state index in [1.165, 1.54) is 6.92 Å². The van der Waals surface area contributed by atoms with Crippen LogP contribution in [0.5, 0.6) is 0 Å². The van der Waals surface area contributed by atoms with Gasteiger partial charge in [0.05, 0.1) is 6.61 Å². The van der Waals surface area contributed by atoms with E-state index in [0.29, 0.717) is 0 Å². The predicted molar refractivity (Wildman–Crippen MR) is 42.8 cm³/mol. The lowest BCUT2D eigenvalue weighted by Crippen LogP contribution is -2.50. The maximum Gasteiger partial charge on any atom is 0.217 e. The Bertz CT molecular complexity index is 193. The summed E-state index contributed by atoms with van der Waals surface area (Å²) in [6.07, 6.45) is -1.39. The Kier molecular flexibility index (Phi) is 5.20. The van der Waals surface area contributed by atoms with E-state index in [1.54, 1.807) is 0 Å². The molecule has 0 saturated carbocycles. The van der Waals surface area contributed by atoms with Crippen LogP contribution in [0.15, 0.2) is 0 Å². The summed E-state index contributed by atoms with van der Waals surface area (Å²) in [5.74, 6) is -1.25. The van der Waals surface area contributed by atoms with Crippen LogP contribution >= 0.6 is 0 Å². The van der Waals surface area contributed by atoms with Gasteiger partial charge >= 0.3 is 0 Å². The van der Waals surface area contributed by atoms with E-state index in [-0.39, 0.29) is 0 Å². The van der Waals surface area contributed by atoms with Crippen molar-refractivity contribution < 1.29 is 24.9 Å². The van der Waals surface area contributed by atoms with E-state index in [1.807, 2.05) is 0 Å². The molecule has 0 aromatic rings. The largest absolute Gasteiger partial charge is 0.394 e. The van der Waals surface area contributed by atoms with Gasteiger partial charge in [-0.15, -0.1) is 0 Å². The Labute approximate surface area is 75.2 Å². The summed E-state index contributed by atoms with van der Waals surface area (Å²) in [5, 5.41) is 28.2. The number of hydrogen-bond acceptors (Lipinski definition) is 5. The number of amides is 1. The topological polar surface area (TPSA) is 107 Å². The van der Waals surface area contributed by atoms with Crippen molar-refractivity contribution in [2.45, 2.75) is 19.1 Å². The van der Waals surface area contributed by atoms with Gasteiger partial charge in [0, 0.05) is 6.92 Å². The molecule has 0 radical (unpaired) electrons. The molecule has 0 aliphatic rings. The van der Waals surface area contributed by atoms with Crippen molar-refractivity contribution in [2.75, 3.05) is 13.2 Å². The fourth-order valence-corrected chi connectivity index (χ4v) is 0.814. The highest BCUT2D eigenvalue weighted by molar-refractivity contribution is 5.89. The SMILES string of the molecule is CC(=O)N[C@@H](C(=O)CO)[C@H](O)CO. The lowest BCUT2D eigenvalue weighted by atomic mass is 10.1. The zero-order valence-electron chi connectivity index (χ0n) is 7.23. The first-order valence-electron chi connectivity index (χ1n) is 3.72. The summed E-state index contributed by atoms with van der Waals surface area (Å²) in [5.41, 5.74) is 0. The third-order valence-electron chi connectivity index (χ3n) is 1.43. The number of ketones is 1. The number of nitrogens with one attached hydrogen (secondary N) is 1. The molecule has 0 unspecified atom stereocenters. The Morgan fingerprint density at radius 1 is 1.38 bits per heavy atom. The molecule has 2 atom stereocenters. The van der Waals surface area contributed by atoms with Crippen molar-refractivity contribution >= 4 is 11.7 Å². The van der Waals surface area contributed by atoms with Gasteiger partial charge in [0.1, 0.15) is 18.8 Å². The molecule has 1 amide bonds. The first-order chi connectivity index (χ1) is 6.02. The summed E-state index contributed by atoms with van der Waals surface area (Å²) in [4.78, 5) is 21.5. The maximum absolute atomic E-state index is 10.9. The average Bonchev–Trinajstić information content (AvgIpc) is 2.11. The van der Waals surface area contributed by atoms with Crippen molar-refractivity contribution in [1.82, 2.24) is 5.32 Å². The normalized spacial score (nSPS) is 14.8. The highest BCUT2D eigenvalue weighted by atomic mass is 16.3. The van der Waals surface area contributed by atoms with Gasteiger partial charge in [0.2, 0.25) is 5.91 Å². The van der Waals surface area contributed by atoms with Gasteiger partial charge in [0.25, 0.3) is 0 Å². The van der Waals surface area contributed by atoms with Gasteiger partial charge in [-0.1, -0.05) is 0 Å². The van der Waals surface area contributed by atoms with Crippen molar-refractivity contribution in [3.63, 3.8) is 0 Å². The van der Waals surface area contributed by atoms with Gasteiger partial charge in [-0.3, -0.25) is 9.59 Å². The standard InChI is InChI=1S/C7H13NO5/c1-4(11)8-7(5(12)2-9)6(13)3-10/h5,7,9-10,12H,2-3H2,1H3,(H,8,11)/t5-,7-/m1/s1. The van der Waals surface area contributed by atoms with E-state index in [9.17, 15) is 9.59 Å². The van der Waals surface area contributed by atoms with Crippen LogP contribution in [0, 0.1) is 0 Å². The molecule has 0 fully saturated rings. The molecule has 4 N–H and O–H groups in total. The summed E-state index contributed by atoms with van der Waals surface area (Å²) in [7, 11) is 0. The molecule has 0 heterocycles. The smallest absolute Gasteiger partial charge is 0.217 e. The summed E-state index contributed by atoms with van der Waals surface area (Å²) >= 11 is 0. The summed E-state index contributed by atoms with van der Waals surface area (Å²) in [6.45, 7) is -0.277. The Balaban J connectivity index is 4.35. The molecule has 6 heteroatoms. The Morgan fingerprint density at radius 2 is 1.92 bits per heavy atom. The van der Waals surface area contributed by atoms with Gasteiger partial charge in [-0.2, -0.15) is 0 Å². The highest BCUT2D eigenvalue weighted by Gasteiger charge is 2.25. The maximum atomic E-state index is 10.9. The lowest BCUT2D eigenvalue weighted by molar-refractivity contribution is -0.132. The minimum Gasteiger partial charge on any atom is -0.394 e. The van der Waals surface area contributed by atoms with Crippen molar-refractivity contribution in [2.24, 2.45) is 0 Å². The molecule has 6 nitrogen and oxygen atoms in total. The number of carbonyl (C=O) groups is 2. The third-order valence-corrected chi connectivity index (χ3v) is 1.43. The Hall–Kier alpha value is -0.980. The molecule has 0 aliphatic carbocycles. The van der Waals surface area contributed by atoms with Crippen molar-refractivity contribution in [3.8, 4) is 0 Å². The van der Waals surface area contributed by atoms with Crippen LogP contribution < -0.4 is 5.32 Å². The number of hydrogen-bond donors (Lipinski definition) is 4. The van der Waals surface area contributed by atoms with Gasteiger partial charge in [-0.25, -0.2) is 0 Å². The molecule has 0 aliphatic heterocycles. The van der Waals surface area contributed by atoms with Crippen LogP contribution in [0.3, 0.4) is 0 Å². The predicted octanol–water partition coefficient (Wildman–Crippen LogP) is -2.59. The molecule has 76 valence electrons. The number of rotatable bonds is 5. The fourth-order valence-electron chi connectivity index (χ4n) is 0.814. The zero-order chi connectivity index (χ0) is 10.4. The minimum atomic E-state index is -1.39. The van der Waals surface area contributed by atoms with Crippen molar-refractivity contribution in [3.05, 3.63) is 0 Å². The van der Waals surface area contributed by atoms with Crippen LogP contribution in [0.25, 0.3) is 0 Å².